The molecule has 0 radical (unpaired) electrons. The van der Waals surface area contributed by atoms with Crippen LogP contribution in [0.4, 0.5) is 18.9 Å². The zero-order chi connectivity index (χ0) is 26.6. The highest BCUT2D eigenvalue weighted by atomic mass is 32.1. The van der Waals surface area contributed by atoms with Gasteiger partial charge in [0.25, 0.3) is 0 Å². The van der Waals surface area contributed by atoms with Gasteiger partial charge in [-0.15, -0.1) is 23.4 Å². The van der Waals surface area contributed by atoms with Gasteiger partial charge in [-0.2, -0.15) is 0 Å². The van der Waals surface area contributed by atoms with Crippen LogP contribution in [0.3, 0.4) is 0 Å². The molecule has 2 aromatic carbocycles. The predicted octanol–water partition coefficient (Wildman–Crippen LogP) is 4.10. The molecule has 1 aliphatic rings. The van der Waals surface area contributed by atoms with E-state index in [1.54, 1.807) is 6.92 Å². The first-order valence-electron chi connectivity index (χ1n) is 11.6. The highest BCUT2D eigenvalue weighted by Gasteiger charge is 2.33. The Kier molecular flexibility index (Phi) is 8.20. The number of hydrogen-bond acceptors (Lipinski definition) is 8. The van der Waals surface area contributed by atoms with E-state index in [1.807, 2.05) is 42.3 Å². The molecule has 8 nitrogen and oxygen atoms in total. The molecule has 0 spiro atoms. The molecule has 37 heavy (non-hydrogen) atoms. The molecule has 1 atom stereocenters. The Labute approximate surface area is 216 Å². The summed E-state index contributed by atoms with van der Waals surface area (Å²) in [5, 5.41) is 11.8. The molecule has 0 aliphatic carbocycles. The van der Waals surface area contributed by atoms with Crippen molar-refractivity contribution >= 4 is 28.7 Å². The number of nitrogens with one attached hydrogen (secondary N) is 1. The number of amides is 1. The van der Waals surface area contributed by atoms with Gasteiger partial charge in [-0.3, -0.25) is 14.5 Å². The van der Waals surface area contributed by atoms with Gasteiger partial charge in [-0.05, 0) is 32.2 Å². The second-order valence-electron chi connectivity index (χ2n) is 8.73. The van der Waals surface area contributed by atoms with E-state index < -0.39 is 24.1 Å². The zero-order valence-corrected chi connectivity index (χ0v) is 21.1. The minimum absolute atomic E-state index is 0.0882. The molecular weight excluding hydrogens is 507 g/mol. The Morgan fingerprint density at radius 3 is 2.46 bits per heavy atom. The Balaban J connectivity index is 1.51. The molecule has 0 bridgehead atoms. The average Bonchev–Trinajstić information content (AvgIpc) is 3.33. The van der Waals surface area contributed by atoms with Gasteiger partial charge in [0.15, 0.2) is 11.5 Å². The van der Waals surface area contributed by atoms with Crippen LogP contribution in [-0.4, -0.2) is 77.3 Å². The molecule has 3 aromatic rings. The van der Waals surface area contributed by atoms with Crippen LogP contribution in [0.5, 0.6) is 5.75 Å². The quantitative estimate of drug-likeness (QED) is 0.436. The minimum atomic E-state index is -4.96. The molecule has 1 unspecified atom stereocenters. The van der Waals surface area contributed by atoms with Crippen LogP contribution in [0.1, 0.15) is 22.3 Å². The number of carbonyl (C=O) groups is 2. The number of carbonyl (C=O) groups excluding carboxylic acids is 2. The molecule has 1 N–H and O–H groups in total. The van der Waals surface area contributed by atoms with Crippen LogP contribution in [0.15, 0.2) is 48.5 Å². The maximum absolute atomic E-state index is 13.0. The second kappa shape index (κ2) is 11.4. The summed E-state index contributed by atoms with van der Waals surface area (Å²) in [4.78, 5) is 30.0. The fraction of sp³-hybridized carbons (Fsp3) is 0.360. The summed E-state index contributed by atoms with van der Waals surface area (Å²) in [6.45, 7) is 4.56. The maximum atomic E-state index is 13.0. The number of halogens is 3. The second-order valence-corrected chi connectivity index (χ2v) is 9.79. The van der Waals surface area contributed by atoms with Crippen LogP contribution >= 0.6 is 11.3 Å². The smallest absolute Gasteiger partial charge is 0.404 e. The molecule has 2 heterocycles. The minimum Gasteiger partial charge on any atom is -0.404 e. The zero-order valence-electron chi connectivity index (χ0n) is 20.3. The molecule has 1 aliphatic heterocycles. The lowest BCUT2D eigenvalue weighted by atomic mass is 10.1. The van der Waals surface area contributed by atoms with Crippen LogP contribution < -0.4 is 10.1 Å². The predicted molar refractivity (Wildman–Crippen MR) is 134 cm³/mol. The Morgan fingerprint density at radius 1 is 1.08 bits per heavy atom. The van der Waals surface area contributed by atoms with E-state index in [4.69, 9.17) is 0 Å². The third-order valence-electron chi connectivity index (χ3n) is 6.05. The summed E-state index contributed by atoms with van der Waals surface area (Å²) in [5.74, 6) is -1.46. The monoisotopic (exact) mass is 533 g/mol. The number of ether oxygens (including phenoxy) is 1. The van der Waals surface area contributed by atoms with Gasteiger partial charge in [0.1, 0.15) is 10.0 Å². The molecule has 1 amide bonds. The lowest BCUT2D eigenvalue weighted by Gasteiger charge is -2.35. The summed E-state index contributed by atoms with van der Waals surface area (Å²) >= 11 is 1.26. The average molecular weight is 534 g/mol. The third kappa shape index (κ3) is 7.12. The van der Waals surface area contributed by atoms with Gasteiger partial charge in [0.2, 0.25) is 5.91 Å². The van der Waals surface area contributed by atoms with E-state index in [9.17, 15) is 22.8 Å². The van der Waals surface area contributed by atoms with Gasteiger partial charge in [-0.25, -0.2) is 0 Å². The standard InChI is InChI=1S/C25H26F3N5O3S/c1-16(33-12-10-32(2)11-13-33)23(35)29-19-14-18(8-9-21(19)36-25(26,27)28)20(34)15-22-30-31-24(37-22)17-6-4-3-5-7-17/h3-9,14,16H,10-13,15H2,1-2H3,(H,29,35). The number of piperazine rings is 1. The van der Waals surface area contributed by atoms with Crippen molar-refractivity contribution < 1.29 is 27.5 Å². The first-order valence-corrected chi connectivity index (χ1v) is 12.4. The largest absolute Gasteiger partial charge is 0.573 e. The fourth-order valence-corrected chi connectivity index (χ4v) is 4.73. The van der Waals surface area contributed by atoms with Crippen molar-refractivity contribution in [3.63, 3.8) is 0 Å². The van der Waals surface area contributed by atoms with Crippen LogP contribution in [0.25, 0.3) is 10.6 Å². The number of rotatable bonds is 8. The number of likely N-dealkylation sites (N-methyl/N-ethyl adjacent to an activating group) is 1. The van der Waals surface area contributed by atoms with Crippen LogP contribution in [-0.2, 0) is 11.2 Å². The lowest BCUT2D eigenvalue weighted by Crippen LogP contribution is -2.51. The van der Waals surface area contributed by atoms with Gasteiger partial charge in [0.05, 0.1) is 18.2 Å². The highest BCUT2D eigenvalue weighted by Crippen LogP contribution is 2.32. The molecule has 0 saturated carbocycles. The van der Waals surface area contributed by atoms with E-state index in [0.717, 1.165) is 24.7 Å². The maximum Gasteiger partial charge on any atom is 0.573 e. The summed E-state index contributed by atoms with van der Waals surface area (Å²) < 4.78 is 43.1. The Morgan fingerprint density at radius 2 is 1.78 bits per heavy atom. The summed E-state index contributed by atoms with van der Waals surface area (Å²) in [6, 6.07) is 12.3. The Hall–Kier alpha value is -3.35. The number of aromatic nitrogens is 2. The molecule has 1 fully saturated rings. The van der Waals surface area contributed by atoms with Crippen LogP contribution in [0, 0.1) is 0 Å². The van der Waals surface area contributed by atoms with Crippen LogP contribution in [0.2, 0.25) is 0 Å². The van der Waals surface area contributed by atoms with E-state index in [1.165, 1.54) is 23.5 Å². The summed E-state index contributed by atoms with van der Waals surface area (Å²) in [5.41, 5.74) is 0.761. The van der Waals surface area contributed by atoms with Gasteiger partial charge in [-0.1, -0.05) is 41.7 Å². The van der Waals surface area contributed by atoms with E-state index in [2.05, 4.69) is 25.2 Å². The molecule has 12 heteroatoms. The lowest BCUT2D eigenvalue weighted by molar-refractivity contribution is -0.274. The summed E-state index contributed by atoms with van der Waals surface area (Å²) in [6.07, 6.45) is -5.05. The number of anilines is 1. The number of ketones is 1. The number of alkyl halides is 3. The first kappa shape index (κ1) is 26.7. The van der Waals surface area contributed by atoms with E-state index >= 15 is 0 Å². The van der Waals surface area contributed by atoms with Gasteiger partial charge in [0, 0.05) is 37.3 Å². The van der Waals surface area contributed by atoms with Crippen molar-refractivity contribution in [2.24, 2.45) is 0 Å². The fourth-order valence-electron chi connectivity index (χ4n) is 3.89. The van der Waals surface area contributed by atoms with E-state index in [0.29, 0.717) is 23.1 Å². The molecule has 4 rings (SSSR count). The van der Waals surface area contributed by atoms with Crippen molar-refractivity contribution in [2.45, 2.75) is 25.7 Å². The van der Waals surface area contributed by atoms with Gasteiger partial charge >= 0.3 is 6.36 Å². The van der Waals surface area contributed by atoms with Crippen molar-refractivity contribution in [2.75, 3.05) is 38.5 Å². The number of Topliss-reactive ketones (excluding diaryl/α,β-unsaturated/α-hetero) is 1. The molecule has 1 saturated heterocycles. The van der Waals surface area contributed by atoms with Gasteiger partial charge < -0.3 is 15.0 Å². The third-order valence-corrected chi connectivity index (χ3v) is 7.02. The molecule has 196 valence electrons. The molecule has 1 aromatic heterocycles. The molecular formula is C25H26F3N5O3S. The topological polar surface area (TPSA) is 87.7 Å². The summed E-state index contributed by atoms with van der Waals surface area (Å²) in [7, 11) is 1.98. The highest BCUT2D eigenvalue weighted by molar-refractivity contribution is 7.14. The van der Waals surface area contributed by atoms with Crippen molar-refractivity contribution in [1.82, 2.24) is 20.0 Å². The Bertz CT molecular complexity index is 1240. The number of nitrogens with zero attached hydrogens (tertiary/aromatic N) is 4. The van der Waals surface area contributed by atoms with E-state index in [-0.39, 0.29) is 23.5 Å². The normalized spacial score (nSPS) is 15.8. The number of benzene rings is 2. The van der Waals surface area contributed by atoms with Crippen molar-refractivity contribution in [3.8, 4) is 16.3 Å². The number of hydrogen-bond donors (Lipinski definition) is 1. The SMILES string of the molecule is CC(C(=O)Nc1cc(C(=O)Cc2nnc(-c3ccccc3)s2)ccc1OC(F)(F)F)N1CCN(C)CC1. The first-order chi connectivity index (χ1) is 17.6. The van der Waals surface area contributed by atoms with Crippen molar-refractivity contribution in [1.29, 1.82) is 0 Å². The van der Waals surface area contributed by atoms with Crippen molar-refractivity contribution in [3.05, 3.63) is 59.1 Å².